The zero-order chi connectivity index (χ0) is 15.7. The van der Waals surface area contributed by atoms with E-state index in [1.807, 2.05) is 0 Å². The highest BCUT2D eigenvalue weighted by Crippen LogP contribution is 2.21. The zero-order valence-corrected chi connectivity index (χ0v) is 13.5. The number of hydrogen-bond acceptors (Lipinski definition) is 5. The zero-order valence-electron chi connectivity index (χ0n) is 12.8. The number of nitrogens with one attached hydrogen (secondary N) is 2. The monoisotopic (exact) mass is 314 g/mol. The van der Waals surface area contributed by atoms with Crippen LogP contribution in [0.2, 0.25) is 5.15 Å². The quantitative estimate of drug-likeness (QED) is 0.722. The smallest absolute Gasteiger partial charge is 0.411 e. The molecule has 0 aliphatic heterocycles. The summed E-state index contributed by atoms with van der Waals surface area (Å²) in [5.41, 5.74) is 0.553. The van der Waals surface area contributed by atoms with Gasteiger partial charge in [0.05, 0.1) is 12.3 Å². The highest BCUT2D eigenvalue weighted by atomic mass is 35.5. The van der Waals surface area contributed by atoms with Gasteiger partial charge in [-0.05, 0) is 32.1 Å². The molecular formula is C14H23ClN4O2. The lowest BCUT2D eigenvalue weighted by molar-refractivity contribution is 0.168. The minimum atomic E-state index is -0.506. The Labute approximate surface area is 130 Å². The van der Waals surface area contributed by atoms with Gasteiger partial charge < -0.3 is 15.0 Å². The van der Waals surface area contributed by atoms with Crippen LogP contribution in [0.4, 0.5) is 16.3 Å². The standard InChI is InChI=1S/C14H23ClN4O2/c1-4-19(5-2)10-9-16-13-11(7-8-12(15)18-13)17-14(20)21-6-3/h7-8H,4-6,9-10H2,1-3H3,(H,16,18)(H,17,20). The number of halogens is 1. The van der Waals surface area contributed by atoms with Crippen molar-refractivity contribution < 1.29 is 9.53 Å². The van der Waals surface area contributed by atoms with Crippen LogP contribution in [0.25, 0.3) is 0 Å². The third-order valence-corrected chi connectivity index (χ3v) is 3.20. The van der Waals surface area contributed by atoms with Gasteiger partial charge in [0.1, 0.15) is 5.15 Å². The number of nitrogens with zero attached hydrogens (tertiary/aromatic N) is 2. The molecule has 0 spiro atoms. The second-order valence-electron chi connectivity index (χ2n) is 4.33. The average molecular weight is 315 g/mol. The molecule has 1 heterocycles. The molecule has 2 N–H and O–H groups in total. The van der Waals surface area contributed by atoms with Gasteiger partial charge in [-0.3, -0.25) is 5.32 Å². The Hall–Kier alpha value is -1.53. The van der Waals surface area contributed by atoms with Crippen LogP contribution in [0.1, 0.15) is 20.8 Å². The van der Waals surface area contributed by atoms with Crippen LogP contribution in [-0.2, 0) is 4.74 Å². The average Bonchev–Trinajstić information content (AvgIpc) is 2.46. The van der Waals surface area contributed by atoms with Gasteiger partial charge in [0, 0.05) is 13.1 Å². The molecule has 0 saturated heterocycles. The fraction of sp³-hybridized carbons (Fsp3) is 0.571. The number of anilines is 2. The first-order valence-corrected chi connectivity index (χ1v) is 7.55. The number of aromatic nitrogens is 1. The minimum absolute atomic E-state index is 0.317. The van der Waals surface area contributed by atoms with Crippen molar-refractivity contribution in [2.75, 3.05) is 43.4 Å². The van der Waals surface area contributed by atoms with E-state index in [0.29, 0.717) is 29.8 Å². The Kier molecular flexibility index (Phi) is 7.85. The molecule has 1 amide bonds. The van der Waals surface area contributed by atoms with Crippen molar-refractivity contribution in [3.8, 4) is 0 Å². The highest BCUT2D eigenvalue weighted by molar-refractivity contribution is 6.29. The predicted molar refractivity (Wildman–Crippen MR) is 86.2 cm³/mol. The van der Waals surface area contributed by atoms with Crippen LogP contribution in [0, 0.1) is 0 Å². The fourth-order valence-electron chi connectivity index (χ4n) is 1.82. The third-order valence-electron chi connectivity index (χ3n) is 2.99. The number of carbonyl (C=O) groups is 1. The maximum Gasteiger partial charge on any atom is 0.411 e. The van der Waals surface area contributed by atoms with Crippen molar-refractivity contribution in [2.24, 2.45) is 0 Å². The van der Waals surface area contributed by atoms with Crippen LogP contribution in [0.15, 0.2) is 12.1 Å². The molecule has 0 aliphatic carbocycles. The van der Waals surface area contributed by atoms with Crippen LogP contribution >= 0.6 is 11.6 Å². The minimum Gasteiger partial charge on any atom is -0.450 e. The number of hydrogen-bond donors (Lipinski definition) is 2. The predicted octanol–water partition coefficient (Wildman–Crippen LogP) is 3.06. The second kappa shape index (κ2) is 9.41. The summed E-state index contributed by atoms with van der Waals surface area (Å²) in [7, 11) is 0. The van der Waals surface area contributed by atoms with Gasteiger partial charge in [-0.15, -0.1) is 0 Å². The van der Waals surface area contributed by atoms with E-state index in [9.17, 15) is 4.79 Å². The summed E-state index contributed by atoms with van der Waals surface area (Å²) in [5.74, 6) is 0.544. The molecule has 0 fully saturated rings. The summed E-state index contributed by atoms with van der Waals surface area (Å²) >= 11 is 5.91. The Bertz CT molecular complexity index is 453. The molecule has 1 rings (SSSR count). The van der Waals surface area contributed by atoms with Crippen LogP contribution in [0.5, 0.6) is 0 Å². The normalized spacial score (nSPS) is 10.5. The molecule has 6 nitrogen and oxygen atoms in total. The maximum absolute atomic E-state index is 11.5. The first kappa shape index (κ1) is 17.5. The molecule has 118 valence electrons. The molecule has 0 radical (unpaired) electrons. The maximum atomic E-state index is 11.5. The molecule has 0 saturated carbocycles. The van der Waals surface area contributed by atoms with E-state index in [4.69, 9.17) is 16.3 Å². The number of amides is 1. The lowest BCUT2D eigenvalue weighted by atomic mass is 10.3. The third kappa shape index (κ3) is 6.18. The van der Waals surface area contributed by atoms with E-state index in [1.165, 1.54) is 0 Å². The van der Waals surface area contributed by atoms with Gasteiger partial charge >= 0.3 is 6.09 Å². The summed E-state index contributed by atoms with van der Waals surface area (Å²) < 4.78 is 4.86. The van der Waals surface area contributed by atoms with Crippen molar-refractivity contribution in [1.29, 1.82) is 0 Å². The summed E-state index contributed by atoms with van der Waals surface area (Å²) in [6.07, 6.45) is -0.506. The highest BCUT2D eigenvalue weighted by Gasteiger charge is 2.09. The van der Waals surface area contributed by atoms with Gasteiger partial charge in [0.15, 0.2) is 5.82 Å². The number of likely N-dealkylation sites (N-methyl/N-ethyl adjacent to an activating group) is 1. The van der Waals surface area contributed by atoms with E-state index < -0.39 is 6.09 Å². The Morgan fingerprint density at radius 3 is 2.67 bits per heavy atom. The van der Waals surface area contributed by atoms with Crippen LogP contribution in [0.3, 0.4) is 0 Å². The summed E-state index contributed by atoms with van der Waals surface area (Å²) in [6.45, 7) is 9.90. The van der Waals surface area contributed by atoms with E-state index >= 15 is 0 Å². The molecule has 21 heavy (non-hydrogen) atoms. The number of carbonyl (C=O) groups excluding carboxylic acids is 1. The largest absolute Gasteiger partial charge is 0.450 e. The molecule has 0 aliphatic rings. The number of ether oxygens (including phenoxy) is 1. The van der Waals surface area contributed by atoms with Crippen LogP contribution < -0.4 is 10.6 Å². The topological polar surface area (TPSA) is 66.5 Å². The summed E-state index contributed by atoms with van der Waals surface area (Å²) in [4.78, 5) is 18.0. The van der Waals surface area contributed by atoms with Gasteiger partial charge in [-0.2, -0.15) is 0 Å². The SMILES string of the molecule is CCOC(=O)Nc1ccc(Cl)nc1NCCN(CC)CC. The first-order chi connectivity index (χ1) is 10.1. The number of rotatable bonds is 8. The molecule has 7 heteroatoms. The van der Waals surface area contributed by atoms with Gasteiger partial charge in [-0.25, -0.2) is 9.78 Å². The molecule has 0 atom stereocenters. The second-order valence-corrected chi connectivity index (χ2v) is 4.72. The lowest BCUT2D eigenvalue weighted by Gasteiger charge is -2.19. The van der Waals surface area contributed by atoms with Crippen molar-refractivity contribution in [1.82, 2.24) is 9.88 Å². The Morgan fingerprint density at radius 1 is 1.33 bits per heavy atom. The molecule has 0 bridgehead atoms. The van der Waals surface area contributed by atoms with Crippen molar-refractivity contribution in [3.63, 3.8) is 0 Å². The summed E-state index contributed by atoms with van der Waals surface area (Å²) in [6, 6.07) is 3.32. The molecule has 0 unspecified atom stereocenters. The lowest BCUT2D eigenvalue weighted by Crippen LogP contribution is -2.29. The number of pyridine rings is 1. The van der Waals surface area contributed by atoms with Gasteiger partial charge in [0.2, 0.25) is 0 Å². The van der Waals surface area contributed by atoms with Crippen molar-refractivity contribution in [2.45, 2.75) is 20.8 Å². The first-order valence-electron chi connectivity index (χ1n) is 7.17. The molecular weight excluding hydrogens is 292 g/mol. The fourth-order valence-corrected chi connectivity index (χ4v) is 1.97. The molecule has 0 aromatic carbocycles. The molecule has 1 aromatic heterocycles. The van der Waals surface area contributed by atoms with Crippen LogP contribution in [-0.4, -0.2) is 48.8 Å². The molecule has 1 aromatic rings. The van der Waals surface area contributed by atoms with Gasteiger partial charge in [-0.1, -0.05) is 25.4 Å². The van der Waals surface area contributed by atoms with E-state index in [2.05, 4.69) is 34.4 Å². The van der Waals surface area contributed by atoms with Crippen molar-refractivity contribution in [3.05, 3.63) is 17.3 Å². The van der Waals surface area contributed by atoms with E-state index in [1.54, 1.807) is 19.1 Å². The van der Waals surface area contributed by atoms with E-state index in [-0.39, 0.29) is 0 Å². The summed E-state index contributed by atoms with van der Waals surface area (Å²) in [5, 5.41) is 6.21. The van der Waals surface area contributed by atoms with E-state index in [0.717, 1.165) is 19.6 Å². The van der Waals surface area contributed by atoms with Crippen molar-refractivity contribution >= 4 is 29.2 Å². The van der Waals surface area contributed by atoms with Gasteiger partial charge in [0.25, 0.3) is 0 Å². The Balaban J connectivity index is 2.66. The Morgan fingerprint density at radius 2 is 2.05 bits per heavy atom.